The average molecular weight is 415 g/mol. The van der Waals surface area contributed by atoms with E-state index >= 15 is 0 Å². The van der Waals surface area contributed by atoms with Crippen LogP contribution in [0.5, 0.6) is 0 Å². The highest BCUT2D eigenvalue weighted by Gasteiger charge is 2.29. The minimum atomic E-state index is -0.325. The molecule has 2 fully saturated rings. The van der Waals surface area contributed by atoms with Crippen molar-refractivity contribution < 1.29 is 14.3 Å². The fourth-order valence-electron chi connectivity index (χ4n) is 4.97. The van der Waals surface area contributed by atoms with E-state index in [-0.39, 0.29) is 37.1 Å². The molecule has 1 unspecified atom stereocenters. The van der Waals surface area contributed by atoms with E-state index in [0.717, 1.165) is 31.2 Å². The van der Waals surface area contributed by atoms with Crippen LogP contribution in [0.1, 0.15) is 82.6 Å². The molecule has 2 aliphatic rings. The highest BCUT2D eigenvalue weighted by molar-refractivity contribution is 5.82. The molecular formula is C25H38N2O3. The van der Waals surface area contributed by atoms with E-state index in [1.165, 1.54) is 38.5 Å². The van der Waals surface area contributed by atoms with Gasteiger partial charge in [0.25, 0.3) is 0 Å². The summed E-state index contributed by atoms with van der Waals surface area (Å²) in [5.74, 6) is 0.282. The van der Waals surface area contributed by atoms with Gasteiger partial charge in [-0.3, -0.25) is 9.59 Å². The van der Waals surface area contributed by atoms with Gasteiger partial charge in [-0.25, -0.2) is 0 Å². The van der Waals surface area contributed by atoms with Crippen molar-refractivity contribution in [3.8, 4) is 0 Å². The minimum absolute atomic E-state index is 0.0506. The Balaban J connectivity index is 1.52. The van der Waals surface area contributed by atoms with Gasteiger partial charge in [-0.15, -0.1) is 0 Å². The molecule has 1 aromatic rings. The van der Waals surface area contributed by atoms with Gasteiger partial charge >= 0.3 is 5.97 Å². The number of esters is 1. The smallest absolute Gasteiger partial charge is 0.325 e. The van der Waals surface area contributed by atoms with Gasteiger partial charge in [0.15, 0.2) is 0 Å². The quantitative estimate of drug-likeness (QED) is 0.600. The third-order valence-corrected chi connectivity index (χ3v) is 6.82. The molecule has 0 aliphatic heterocycles. The molecule has 0 bridgehead atoms. The van der Waals surface area contributed by atoms with E-state index in [4.69, 9.17) is 10.5 Å². The summed E-state index contributed by atoms with van der Waals surface area (Å²) in [5.41, 5.74) is 7.38. The van der Waals surface area contributed by atoms with Crippen LogP contribution in [0.3, 0.4) is 0 Å². The summed E-state index contributed by atoms with van der Waals surface area (Å²) in [6.45, 7) is 0.300. The Hall–Kier alpha value is -1.88. The van der Waals surface area contributed by atoms with Crippen LogP contribution in [0.4, 0.5) is 0 Å². The lowest BCUT2D eigenvalue weighted by Gasteiger charge is -2.34. The van der Waals surface area contributed by atoms with Gasteiger partial charge in [0.2, 0.25) is 5.91 Å². The average Bonchev–Trinajstić information content (AvgIpc) is 2.81. The van der Waals surface area contributed by atoms with Crippen LogP contribution < -0.4 is 5.73 Å². The summed E-state index contributed by atoms with van der Waals surface area (Å²) in [6, 6.07) is 9.91. The predicted molar refractivity (Wildman–Crippen MR) is 119 cm³/mol. The number of nitrogens with two attached hydrogens (primary N) is 1. The molecule has 5 heteroatoms. The molecule has 1 atom stereocenters. The first kappa shape index (κ1) is 22.8. The van der Waals surface area contributed by atoms with E-state index in [1.54, 1.807) is 4.90 Å². The van der Waals surface area contributed by atoms with Gasteiger partial charge < -0.3 is 15.4 Å². The zero-order valence-corrected chi connectivity index (χ0v) is 18.3. The van der Waals surface area contributed by atoms with E-state index in [1.807, 2.05) is 30.3 Å². The van der Waals surface area contributed by atoms with Crippen molar-refractivity contribution >= 4 is 11.9 Å². The number of ether oxygens (including phenoxy) is 1. The molecule has 5 nitrogen and oxygen atoms in total. The van der Waals surface area contributed by atoms with Gasteiger partial charge in [0.05, 0.1) is 0 Å². The topological polar surface area (TPSA) is 72.6 Å². The zero-order chi connectivity index (χ0) is 21.2. The normalized spacial score (nSPS) is 19.2. The van der Waals surface area contributed by atoms with Gasteiger partial charge in [-0.2, -0.15) is 0 Å². The SMILES string of the molecule is NC(CCC(=O)N(CC(=O)OCc1ccccc1)C1CCCCC1)C1CCCCC1. The first-order chi connectivity index (χ1) is 14.6. The summed E-state index contributed by atoms with van der Waals surface area (Å²) in [5, 5.41) is 0. The summed E-state index contributed by atoms with van der Waals surface area (Å²) < 4.78 is 5.46. The van der Waals surface area contributed by atoms with Crippen LogP contribution in [-0.2, 0) is 20.9 Å². The Morgan fingerprint density at radius 3 is 2.27 bits per heavy atom. The first-order valence-electron chi connectivity index (χ1n) is 11.9. The monoisotopic (exact) mass is 414 g/mol. The Morgan fingerprint density at radius 1 is 0.967 bits per heavy atom. The van der Waals surface area contributed by atoms with Gasteiger partial charge in [0, 0.05) is 18.5 Å². The summed E-state index contributed by atoms with van der Waals surface area (Å²) in [7, 11) is 0. The van der Waals surface area contributed by atoms with Gasteiger partial charge in [-0.05, 0) is 43.6 Å². The van der Waals surface area contributed by atoms with Crippen LogP contribution in [0.25, 0.3) is 0 Å². The van der Waals surface area contributed by atoms with Crippen molar-refractivity contribution in [2.45, 2.75) is 95.7 Å². The van der Waals surface area contributed by atoms with Crippen LogP contribution in [0, 0.1) is 5.92 Å². The number of carbonyl (C=O) groups excluding carboxylic acids is 2. The Labute approximate surface area is 181 Å². The third-order valence-electron chi connectivity index (χ3n) is 6.82. The summed E-state index contributed by atoms with van der Waals surface area (Å²) in [6.07, 6.45) is 12.8. The van der Waals surface area contributed by atoms with Gasteiger partial charge in [-0.1, -0.05) is 68.9 Å². The number of benzene rings is 1. The minimum Gasteiger partial charge on any atom is -0.459 e. The highest BCUT2D eigenvalue weighted by Crippen LogP contribution is 2.28. The molecule has 166 valence electrons. The number of hydrogen-bond acceptors (Lipinski definition) is 4. The number of nitrogens with zero attached hydrogens (tertiary/aromatic N) is 1. The van der Waals surface area contributed by atoms with E-state index in [2.05, 4.69) is 0 Å². The number of amides is 1. The Morgan fingerprint density at radius 2 is 1.60 bits per heavy atom. The first-order valence-corrected chi connectivity index (χ1v) is 11.9. The van der Waals surface area contributed by atoms with Crippen LogP contribution in [0.15, 0.2) is 30.3 Å². The standard InChI is InChI=1S/C25H38N2O3/c26-23(21-12-6-2-7-13-21)16-17-24(28)27(22-14-8-3-9-15-22)18-25(29)30-19-20-10-4-1-5-11-20/h1,4-5,10-11,21-23H,2-3,6-9,12-19,26H2. The Bertz CT molecular complexity index is 652. The molecule has 0 radical (unpaired) electrons. The third kappa shape index (κ3) is 7.12. The lowest BCUT2D eigenvalue weighted by Crippen LogP contribution is -2.45. The van der Waals surface area contributed by atoms with Crippen molar-refractivity contribution in [3.05, 3.63) is 35.9 Å². The fraction of sp³-hybridized carbons (Fsp3) is 0.680. The molecule has 0 spiro atoms. The van der Waals surface area contributed by atoms with E-state index in [0.29, 0.717) is 18.8 Å². The van der Waals surface area contributed by atoms with Crippen LogP contribution >= 0.6 is 0 Å². The molecule has 1 aromatic carbocycles. The van der Waals surface area contributed by atoms with E-state index in [9.17, 15) is 9.59 Å². The van der Waals surface area contributed by atoms with Crippen molar-refractivity contribution in [2.24, 2.45) is 11.7 Å². The molecule has 2 N–H and O–H groups in total. The molecule has 30 heavy (non-hydrogen) atoms. The summed E-state index contributed by atoms with van der Waals surface area (Å²) >= 11 is 0. The lowest BCUT2D eigenvalue weighted by atomic mass is 9.82. The Kier molecular flexibility index (Phi) is 9.19. The molecule has 0 aromatic heterocycles. The molecular weight excluding hydrogens is 376 g/mol. The molecule has 0 heterocycles. The zero-order valence-electron chi connectivity index (χ0n) is 18.3. The van der Waals surface area contributed by atoms with E-state index < -0.39 is 0 Å². The maximum Gasteiger partial charge on any atom is 0.325 e. The molecule has 2 saturated carbocycles. The largest absolute Gasteiger partial charge is 0.459 e. The number of hydrogen-bond donors (Lipinski definition) is 1. The maximum atomic E-state index is 13.1. The van der Waals surface area contributed by atoms with Crippen molar-refractivity contribution in [1.29, 1.82) is 0 Å². The van der Waals surface area contributed by atoms with Crippen LogP contribution in [0.2, 0.25) is 0 Å². The molecule has 3 rings (SSSR count). The predicted octanol–water partition coefficient (Wildman–Crippen LogP) is 4.58. The second-order valence-electron chi connectivity index (χ2n) is 9.06. The van der Waals surface area contributed by atoms with Crippen LogP contribution in [-0.4, -0.2) is 35.4 Å². The molecule has 2 aliphatic carbocycles. The second kappa shape index (κ2) is 12.1. The fourth-order valence-corrected chi connectivity index (χ4v) is 4.97. The maximum absolute atomic E-state index is 13.1. The summed E-state index contributed by atoms with van der Waals surface area (Å²) in [4.78, 5) is 27.4. The van der Waals surface area contributed by atoms with Crippen molar-refractivity contribution in [1.82, 2.24) is 4.90 Å². The lowest BCUT2D eigenvalue weighted by molar-refractivity contribution is -0.152. The van der Waals surface area contributed by atoms with Gasteiger partial charge in [0.1, 0.15) is 13.2 Å². The molecule has 0 saturated heterocycles. The molecule has 1 amide bonds. The van der Waals surface area contributed by atoms with Crippen molar-refractivity contribution in [3.63, 3.8) is 0 Å². The number of rotatable bonds is 9. The second-order valence-corrected chi connectivity index (χ2v) is 9.06. The number of carbonyl (C=O) groups is 2. The van der Waals surface area contributed by atoms with Crippen molar-refractivity contribution in [2.75, 3.05) is 6.54 Å². The highest BCUT2D eigenvalue weighted by atomic mass is 16.5.